The van der Waals surface area contributed by atoms with E-state index < -0.39 is 0 Å². The lowest BCUT2D eigenvalue weighted by Crippen LogP contribution is -2.45. The number of rotatable bonds is 5. The van der Waals surface area contributed by atoms with Gasteiger partial charge in [-0.3, -0.25) is 0 Å². The molecule has 2 atom stereocenters. The number of amides is 2. The van der Waals surface area contributed by atoms with Crippen molar-refractivity contribution in [2.45, 2.75) is 38.6 Å². The summed E-state index contributed by atoms with van der Waals surface area (Å²) in [5, 5.41) is 12.3. The van der Waals surface area contributed by atoms with E-state index in [1.807, 2.05) is 0 Å². The quantitative estimate of drug-likeness (QED) is 0.779. The minimum Gasteiger partial charge on any atom is -0.394 e. The highest BCUT2D eigenvalue weighted by Gasteiger charge is 2.29. The number of nitrogens with one attached hydrogen (secondary N) is 1. The van der Waals surface area contributed by atoms with Crippen molar-refractivity contribution in [1.82, 2.24) is 15.1 Å². The van der Waals surface area contributed by atoms with Crippen LogP contribution in [-0.2, 0) is 0 Å². The molecule has 2 aliphatic heterocycles. The van der Waals surface area contributed by atoms with Gasteiger partial charge in [0.2, 0.25) is 0 Å². The zero-order valence-corrected chi connectivity index (χ0v) is 12.0. The normalized spacial score (nSPS) is 28.0. The van der Waals surface area contributed by atoms with Crippen LogP contribution in [0.25, 0.3) is 0 Å². The van der Waals surface area contributed by atoms with Gasteiger partial charge in [-0.2, -0.15) is 0 Å². The Morgan fingerprint density at radius 1 is 1.37 bits per heavy atom. The molecule has 2 N–H and O–H groups in total. The average Bonchev–Trinajstić information content (AvgIpc) is 3.05. The third kappa shape index (κ3) is 3.83. The molecule has 2 fully saturated rings. The average molecular weight is 269 g/mol. The number of carbonyl (C=O) groups excluding carboxylic acids is 1. The fourth-order valence-electron chi connectivity index (χ4n) is 3.22. The van der Waals surface area contributed by atoms with E-state index in [0.29, 0.717) is 5.92 Å². The minimum absolute atomic E-state index is 0.00508. The van der Waals surface area contributed by atoms with Gasteiger partial charge in [-0.15, -0.1) is 0 Å². The van der Waals surface area contributed by atoms with Crippen LogP contribution in [0.2, 0.25) is 0 Å². The third-order valence-corrected chi connectivity index (χ3v) is 4.30. The molecule has 0 aromatic rings. The summed E-state index contributed by atoms with van der Waals surface area (Å²) in [6, 6.07) is 0.0330. The maximum absolute atomic E-state index is 12.1. The van der Waals surface area contributed by atoms with Crippen LogP contribution in [-0.4, -0.2) is 66.3 Å². The molecule has 5 heteroatoms. The van der Waals surface area contributed by atoms with Crippen molar-refractivity contribution in [3.8, 4) is 0 Å². The van der Waals surface area contributed by atoms with Crippen LogP contribution >= 0.6 is 0 Å². The molecule has 0 spiro atoms. The second kappa shape index (κ2) is 7.10. The molecule has 0 bridgehead atoms. The molecule has 2 saturated heterocycles. The second-order valence-electron chi connectivity index (χ2n) is 5.81. The lowest BCUT2D eigenvalue weighted by molar-refractivity contribution is 0.156. The number of carbonyl (C=O) groups is 1. The zero-order valence-electron chi connectivity index (χ0n) is 12.0. The predicted molar refractivity (Wildman–Crippen MR) is 75.1 cm³/mol. The lowest BCUT2D eigenvalue weighted by atomic mass is 10.1. The Hall–Kier alpha value is -0.810. The molecule has 5 nitrogen and oxygen atoms in total. The largest absolute Gasteiger partial charge is 0.394 e. The van der Waals surface area contributed by atoms with Gasteiger partial charge in [0.05, 0.1) is 12.6 Å². The van der Waals surface area contributed by atoms with Gasteiger partial charge in [0.15, 0.2) is 0 Å². The van der Waals surface area contributed by atoms with Gasteiger partial charge in [0, 0.05) is 19.6 Å². The number of likely N-dealkylation sites (tertiary alicyclic amines) is 2. The smallest absolute Gasteiger partial charge is 0.317 e. The van der Waals surface area contributed by atoms with E-state index in [2.05, 4.69) is 17.1 Å². The van der Waals surface area contributed by atoms with Crippen LogP contribution in [0, 0.1) is 5.92 Å². The van der Waals surface area contributed by atoms with E-state index in [9.17, 15) is 9.90 Å². The first-order valence-corrected chi connectivity index (χ1v) is 7.62. The highest BCUT2D eigenvalue weighted by molar-refractivity contribution is 5.74. The van der Waals surface area contributed by atoms with Crippen molar-refractivity contribution >= 4 is 6.03 Å². The van der Waals surface area contributed by atoms with Crippen LogP contribution in [0.5, 0.6) is 0 Å². The molecule has 2 aliphatic rings. The fourth-order valence-corrected chi connectivity index (χ4v) is 3.22. The minimum atomic E-state index is 0.00508. The van der Waals surface area contributed by atoms with Gasteiger partial charge in [0.25, 0.3) is 0 Å². The molecule has 0 radical (unpaired) electrons. The Balaban J connectivity index is 1.69. The summed E-state index contributed by atoms with van der Waals surface area (Å²) < 4.78 is 0. The van der Waals surface area contributed by atoms with Gasteiger partial charge >= 0.3 is 6.03 Å². The molecule has 0 aromatic heterocycles. The van der Waals surface area contributed by atoms with E-state index in [-0.39, 0.29) is 18.7 Å². The molecule has 2 amide bonds. The molecule has 19 heavy (non-hydrogen) atoms. The SMILES string of the molecule is CCCN1CCC(CNC(=O)N2CCC[C@H]2CO)C1. The summed E-state index contributed by atoms with van der Waals surface area (Å²) in [5.41, 5.74) is 0. The first-order chi connectivity index (χ1) is 9.24. The van der Waals surface area contributed by atoms with E-state index in [1.165, 1.54) is 19.4 Å². The molecule has 1 unspecified atom stereocenters. The highest BCUT2D eigenvalue weighted by atomic mass is 16.3. The molecular formula is C14H27N3O2. The van der Waals surface area contributed by atoms with Crippen LogP contribution < -0.4 is 5.32 Å². The molecule has 0 aliphatic carbocycles. The summed E-state index contributed by atoms with van der Waals surface area (Å²) in [7, 11) is 0. The Morgan fingerprint density at radius 3 is 2.95 bits per heavy atom. The first-order valence-electron chi connectivity index (χ1n) is 7.62. The van der Waals surface area contributed by atoms with Gasteiger partial charge in [-0.25, -0.2) is 4.79 Å². The number of aliphatic hydroxyl groups is 1. The molecule has 2 rings (SSSR count). The number of aliphatic hydroxyl groups excluding tert-OH is 1. The summed E-state index contributed by atoms with van der Waals surface area (Å²) in [6.45, 7) is 7.29. The molecular weight excluding hydrogens is 242 g/mol. The van der Waals surface area contributed by atoms with Gasteiger partial charge in [-0.05, 0) is 44.7 Å². The summed E-state index contributed by atoms with van der Waals surface area (Å²) >= 11 is 0. The second-order valence-corrected chi connectivity index (χ2v) is 5.81. The van der Waals surface area contributed by atoms with Gasteiger partial charge in [0.1, 0.15) is 0 Å². The van der Waals surface area contributed by atoms with E-state index >= 15 is 0 Å². The Labute approximate surface area is 115 Å². The van der Waals surface area contributed by atoms with E-state index in [1.54, 1.807) is 4.90 Å². The van der Waals surface area contributed by atoms with Gasteiger partial charge < -0.3 is 20.2 Å². The van der Waals surface area contributed by atoms with Crippen molar-refractivity contribution < 1.29 is 9.90 Å². The molecule has 0 saturated carbocycles. The number of hydrogen-bond donors (Lipinski definition) is 2. The zero-order chi connectivity index (χ0) is 13.7. The monoisotopic (exact) mass is 269 g/mol. The number of hydrogen-bond acceptors (Lipinski definition) is 3. The van der Waals surface area contributed by atoms with Crippen molar-refractivity contribution in [1.29, 1.82) is 0 Å². The predicted octanol–water partition coefficient (Wildman–Crippen LogP) is 0.885. The highest BCUT2D eigenvalue weighted by Crippen LogP contribution is 2.18. The fraction of sp³-hybridized carbons (Fsp3) is 0.929. The van der Waals surface area contributed by atoms with Crippen LogP contribution in [0.3, 0.4) is 0 Å². The summed E-state index contributed by atoms with van der Waals surface area (Å²) in [6.07, 6.45) is 4.32. The van der Waals surface area contributed by atoms with E-state index in [0.717, 1.165) is 39.0 Å². The molecule has 0 aromatic carbocycles. The number of urea groups is 1. The summed E-state index contributed by atoms with van der Waals surface area (Å²) in [4.78, 5) is 16.3. The van der Waals surface area contributed by atoms with Crippen molar-refractivity contribution in [2.24, 2.45) is 5.92 Å². The Morgan fingerprint density at radius 2 is 2.21 bits per heavy atom. The lowest BCUT2D eigenvalue weighted by Gasteiger charge is -2.24. The van der Waals surface area contributed by atoms with Crippen molar-refractivity contribution in [2.75, 3.05) is 39.3 Å². The molecule has 110 valence electrons. The Bertz CT molecular complexity index is 298. The standard InChI is InChI=1S/C14H27N3O2/c1-2-6-16-8-5-12(10-16)9-15-14(19)17-7-3-4-13(17)11-18/h12-13,18H,2-11H2,1H3,(H,15,19)/t12?,13-/m0/s1. The van der Waals surface area contributed by atoms with Crippen molar-refractivity contribution in [3.05, 3.63) is 0 Å². The van der Waals surface area contributed by atoms with Crippen LogP contribution in [0.4, 0.5) is 4.79 Å². The van der Waals surface area contributed by atoms with Crippen LogP contribution in [0.1, 0.15) is 32.6 Å². The molecule has 2 heterocycles. The maximum Gasteiger partial charge on any atom is 0.317 e. The Kier molecular flexibility index (Phi) is 5.45. The third-order valence-electron chi connectivity index (χ3n) is 4.30. The maximum atomic E-state index is 12.1. The van der Waals surface area contributed by atoms with E-state index in [4.69, 9.17) is 0 Å². The van der Waals surface area contributed by atoms with Crippen LogP contribution in [0.15, 0.2) is 0 Å². The van der Waals surface area contributed by atoms with Gasteiger partial charge in [-0.1, -0.05) is 6.92 Å². The van der Waals surface area contributed by atoms with Crippen molar-refractivity contribution in [3.63, 3.8) is 0 Å². The topological polar surface area (TPSA) is 55.8 Å². The first kappa shape index (κ1) is 14.6. The summed E-state index contributed by atoms with van der Waals surface area (Å²) in [5.74, 6) is 0.589. The number of nitrogens with zero attached hydrogens (tertiary/aromatic N) is 2.